The monoisotopic (exact) mass is 421 g/mol. The minimum Gasteiger partial charge on any atom is -0.497 e. The van der Waals surface area contributed by atoms with E-state index in [4.69, 9.17) is 4.74 Å². The number of aryl methyl sites for hydroxylation is 1. The van der Waals surface area contributed by atoms with Crippen LogP contribution >= 0.6 is 0 Å². The van der Waals surface area contributed by atoms with E-state index >= 15 is 0 Å². The van der Waals surface area contributed by atoms with E-state index in [0.717, 1.165) is 24.4 Å². The first-order valence-corrected chi connectivity index (χ1v) is 11.0. The number of piperazine rings is 1. The predicted molar refractivity (Wildman–Crippen MR) is 121 cm³/mol. The topological polar surface area (TPSA) is 53.1 Å². The Hall–Kier alpha value is -3.02. The summed E-state index contributed by atoms with van der Waals surface area (Å²) in [5, 5.41) is 0. The van der Waals surface area contributed by atoms with E-state index in [1.54, 1.807) is 12.0 Å². The molecule has 4 rings (SSSR count). The Kier molecular flexibility index (Phi) is 6.16. The smallest absolute Gasteiger partial charge is 0.228 e. The van der Waals surface area contributed by atoms with Gasteiger partial charge in [-0.2, -0.15) is 0 Å². The van der Waals surface area contributed by atoms with Crippen molar-refractivity contribution in [2.45, 2.75) is 26.8 Å². The van der Waals surface area contributed by atoms with Gasteiger partial charge in [-0.3, -0.25) is 9.59 Å². The molecule has 0 saturated carbocycles. The highest BCUT2D eigenvalue weighted by atomic mass is 16.5. The average Bonchev–Trinajstić information content (AvgIpc) is 3.16. The zero-order chi connectivity index (χ0) is 22.0. The molecule has 6 heteroatoms. The Bertz CT molecular complexity index is 949. The first-order chi connectivity index (χ1) is 15.0. The quantitative estimate of drug-likeness (QED) is 0.745. The maximum atomic E-state index is 13.1. The van der Waals surface area contributed by atoms with Crippen LogP contribution in [-0.2, 0) is 16.1 Å². The fourth-order valence-corrected chi connectivity index (χ4v) is 4.55. The molecule has 0 aromatic heterocycles. The van der Waals surface area contributed by atoms with Crippen molar-refractivity contribution in [3.8, 4) is 5.75 Å². The van der Waals surface area contributed by atoms with Crippen LogP contribution < -0.4 is 9.64 Å². The van der Waals surface area contributed by atoms with Crippen LogP contribution in [0.1, 0.15) is 23.1 Å². The van der Waals surface area contributed by atoms with Crippen molar-refractivity contribution in [1.82, 2.24) is 9.80 Å². The molecule has 2 fully saturated rings. The number of rotatable bonds is 5. The van der Waals surface area contributed by atoms with Crippen molar-refractivity contribution in [2.24, 2.45) is 5.92 Å². The molecule has 2 aromatic carbocycles. The van der Waals surface area contributed by atoms with Gasteiger partial charge in [-0.15, -0.1) is 0 Å². The van der Waals surface area contributed by atoms with E-state index in [2.05, 4.69) is 36.9 Å². The summed E-state index contributed by atoms with van der Waals surface area (Å²) in [4.78, 5) is 31.7. The van der Waals surface area contributed by atoms with E-state index in [1.807, 2.05) is 29.2 Å². The number of benzene rings is 2. The second-order valence-electron chi connectivity index (χ2n) is 8.55. The van der Waals surface area contributed by atoms with Crippen molar-refractivity contribution in [2.75, 3.05) is 44.7 Å². The summed E-state index contributed by atoms with van der Waals surface area (Å²) in [6.45, 7) is 8.38. The molecule has 6 nitrogen and oxygen atoms in total. The number of hydrogen-bond acceptors (Lipinski definition) is 4. The minimum atomic E-state index is -0.238. The van der Waals surface area contributed by atoms with E-state index in [9.17, 15) is 9.59 Å². The van der Waals surface area contributed by atoms with Gasteiger partial charge in [-0.25, -0.2) is 0 Å². The molecular weight excluding hydrogens is 390 g/mol. The number of carbonyl (C=O) groups excluding carboxylic acids is 2. The summed E-state index contributed by atoms with van der Waals surface area (Å²) in [6.07, 6.45) is 0.312. The highest BCUT2D eigenvalue weighted by Gasteiger charge is 2.37. The number of nitrogens with zero attached hydrogens (tertiary/aromatic N) is 3. The van der Waals surface area contributed by atoms with Crippen molar-refractivity contribution in [1.29, 1.82) is 0 Å². The SMILES string of the molecule is COc1ccc(CN2CC(C(=O)N3CCN(c4cccc(C)c4C)CC3)CC2=O)cc1. The summed E-state index contributed by atoms with van der Waals surface area (Å²) in [6, 6.07) is 14.1. The van der Waals surface area contributed by atoms with Gasteiger partial charge in [0.15, 0.2) is 0 Å². The van der Waals surface area contributed by atoms with Gasteiger partial charge in [-0.1, -0.05) is 24.3 Å². The van der Waals surface area contributed by atoms with Gasteiger partial charge in [0.2, 0.25) is 11.8 Å². The molecule has 2 amide bonds. The highest BCUT2D eigenvalue weighted by Crippen LogP contribution is 2.26. The third-order valence-corrected chi connectivity index (χ3v) is 6.60. The fourth-order valence-electron chi connectivity index (χ4n) is 4.55. The largest absolute Gasteiger partial charge is 0.497 e. The van der Waals surface area contributed by atoms with Crippen molar-refractivity contribution in [3.63, 3.8) is 0 Å². The molecule has 0 aliphatic carbocycles. The lowest BCUT2D eigenvalue weighted by Crippen LogP contribution is -2.50. The molecule has 2 saturated heterocycles. The van der Waals surface area contributed by atoms with E-state index in [1.165, 1.54) is 16.8 Å². The third-order valence-electron chi connectivity index (χ3n) is 6.60. The Morgan fingerprint density at radius 3 is 2.42 bits per heavy atom. The molecular formula is C25H31N3O3. The van der Waals surface area contributed by atoms with Crippen molar-refractivity contribution < 1.29 is 14.3 Å². The van der Waals surface area contributed by atoms with Crippen LogP contribution in [0, 0.1) is 19.8 Å². The average molecular weight is 422 g/mol. The molecule has 1 atom stereocenters. The number of anilines is 1. The van der Waals surface area contributed by atoms with Crippen LogP contribution in [0.5, 0.6) is 5.75 Å². The number of likely N-dealkylation sites (tertiary alicyclic amines) is 1. The van der Waals surface area contributed by atoms with E-state index < -0.39 is 0 Å². The lowest BCUT2D eigenvalue weighted by molar-refractivity contribution is -0.136. The van der Waals surface area contributed by atoms with Crippen LogP contribution in [0.2, 0.25) is 0 Å². The van der Waals surface area contributed by atoms with Crippen LogP contribution in [0.15, 0.2) is 42.5 Å². The summed E-state index contributed by atoms with van der Waals surface area (Å²) < 4.78 is 5.19. The fraction of sp³-hybridized carbons (Fsp3) is 0.440. The van der Waals surface area contributed by atoms with Crippen molar-refractivity contribution in [3.05, 3.63) is 59.2 Å². The Labute approximate surface area is 184 Å². The molecule has 0 N–H and O–H groups in total. The maximum absolute atomic E-state index is 13.1. The molecule has 2 aromatic rings. The zero-order valence-corrected chi connectivity index (χ0v) is 18.6. The van der Waals surface area contributed by atoms with Crippen LogP contribution in [0.4, 0.5) is 5.69 Å². The normalized spacial score (nSPS) is 19.1. The zero-order valence-electron chi connectivity index (χ0n) is 18.6. The van der Waals surface area contributed by atoms with Crippen LogP contribution in [-0.4, -0.2) is 61.4 Å². The second kappa shape index (κ2) is 9.00. The van der Waals surface area contributed by atoms with Gasteiger partial charge in [-0.05, 0) is 48.7 Å². The van der Waals surface area contributed by atoms with Gasteiger partial charge < -0.3 is 19.4 Å². The Morgan fingerprint density at radius 2 is 1.74 bits per heavy atom. The van der Waals surface area contributed by atoms with E-state index in [0.29, 0.717) is 32.6 Å². The van der Waals surface area contributed by atoms with E-state index in [-0.39, 0.29) is 17.7 Å². The summed E-state index contributed by atoms with van der Waals surface area (Å²) in [5.41, 5.74) is 4.90. The lowest BCUT2D eigenvalue weighted by atomic mass is 10.1. The van der Waals surface area contributed by atoms with Gasteiger partial charge in [0.05, 0.1) is 13.0 Å². The first-order valence-electron chi connectivity index (χ1n) is 11.0. The molecule has 2 aliphatic rings. The molecule has 0 spiro atoms. The number of amides is 2. The highest BCUT2D eigenvalue weighted by molar-refractivity contribution is 5.89. The molecule has 31 heavy (non-hydrogen) atoms. The van der Waals surface area contributed by atoms with Crippen molar-refractivity contribution >= 4 is 17.5 Å². The predicted octanol–water partition coefficient (Wildman–Crippen LogP) is 3.01. The molecule has 164 valence electrons. The molecule has 2 heterocycles. The molecule has 2 aliphatic heterocycles. The molecule has 0 bridgehead atoms. The van der Waals surface area contributed by atoms with Crippen LogP contribution in [0.3, 0.4) is 0 Å². The summed E-state index contributed by atoms with van der Waals surface area (Å²) in [5.74, 6) is 0.733. The summed E-state index contributed by atoms with van der Waals surface area (Å²) in [7, 11) is 1.64. The second-order valence-corrected chi connectivity index (χ2v) is 8.55. The van der Waals surface area contributed by atoms with Gasteiger partial charge in [0.1, 0.15) is 5.75 Å². The van der Waals surface area contributed by atoms with Gasteiger partial charge >= 0.3 is 0 Å². The Balaban J connectivity index is 1.33. The van der Waals surface area contributed by atoms with Gasteiger partial charge in [0.25, 0.3) is 0 Å². The molecule has 1 unspecified atom stereocenters. The molecule has 0 radical (unpaired) electrons. The number of ether oxygens (including phenoxy) is 1. The lowest BCUT2D eigenvalue weighted by Gasteiger charge is -2.38. The standard InChI is InChI=1S/C25H31N3O3/c1-18-5-4-6-23(19(18)2)26-11-13-27(14-12-26)25(30)21-15-24(29)28(17-21)16-20-7-9-22(31-3)10-8-20/h4-10,21H,11-17H2,1-3H3. The Morgan fingerprint density at radius 1 is 1.03 bits per heavy atom. The van der Waals surface area contributed by atoms with Gasteiger partial charge in [0, 0.05) is 51.4 Å². The minimum absolute atomic E-state index is 0.0585. The van der Waals surface area contributed by atoms with Crippen LogP contribution in [0.25, 0.3) is 0 Å². The first kappa shape index (κ1) is 21.2. The number of methoxy groups -OCH3 is 1. The maximum Gasteiger partial charge on any atom is 0.228 e. The summed E-state index contributed by atoms with van der Waals surface area (Å²) >= 11 is 0. The third kappa shape index (κ3) is 4.53. The number of carbonyl (C=O) groups is 2. The number of hydrogen-bond donors (Lipinski definition) is 0.